The maximum absolute atomic E-state index is 13.0. The summed E-state index contributed by atoms with van der Waals surface area (Å²) in [4.78, 5) is 15.2. The van der Waals surface area contributed by atoms with Crippen molar-refractivity contribution in [1.29, 1.82) is 0 Å². The summed E-state index contributed by atoms with van der Waals surface area (Å²) < 4.78 is 0. The van der Waals surface area contributed by atoms with E-state index >= 15 is 0 Å². The summed E-state index contributed by atoms with van der Waals surface area (Å²) in [5, 5.41) is 4.37. The van der Waals surface area contributed by atoms with Gasteiger partial charge in [0.05, 0.1) is 11.7 Å². The second-order valence-corrected chi connectivity index (χ2v) is 9.66. The maximum Gasteiger partial charge on any atom is 0.244 e. The molecule has 1 saturated carbocycles. The standard InChI is InChI=1S/C16H28N2OS2/c1-12(2)9-14-17-16(5-3-4-6-16)15(19)18(14)10-13-11-20-7-8-21-13/h12-14,17H,3-11H2,1-2H3. The summed E-state index contributed by atoms with van der Waals surface area (Å²) in [6.45, 7) is 5.47. The van der Waals surface area contributed by atoms with Crippen molar-refractivity contribution in [3.63, 3.8) is 0 Å². The molecule has 120 valence electrons. The summed E-state index contributed by atoms with van der Waals surface area (Å²) in [6, 6.07) is 0. The van der Waals surface area contributed by atoms with E-state index < -0.39 is 0 Å². The summed E-state index contributed by atoms with van der Waals surface area (Å²) in [6.07, 6.45) is 5.85. The molecule has 2 unspecified atom stereocenters. The predicted octanol–water partition coefficient (Wildman–Crippen LogP) is 2.95. The van der Waals surface area contributed by atoms with E-state index in [4.69, 9.17) is 0 Å². The van der Waals surface area contributed by atoms with Crippen molar-refractivity contribution < 1.29 is 4.79 Å². The third-order valence-corrected chi connectivity index (χ3v) is 7.75. The Kier molecular flexibility index (Phi) is 5.12. The van der Waals surface area contributed by atoms with Crippen LogP contribution >= 0.6 is 23.5 Å². The lowest BCUT2D eigenvalue weighted by molar-refractivity contribution is -0.133. The third-order valence-electron chi connectivity index (χ3n) is 4.93. The van der Waals surface area contributed by atoms with E-state index in [1.165, 1.54) is 30.1 Å². The Morgan fingerprint density at radius 3 is 2.71 bits per heavy atom. The fourth-order valence-electron chi connectivity index (χ4n) is 3.92. The molecule has 1 aliphatic carbocycles. The second kappa shape index (κ2) is 6.71. The van der Waals surface area contributed by atoms with Crippen LogP contribution < -0.4 is 5.32 Å². The van der Waals surface area contributed by atoms with Crippen molar-refractivity contribution >= 4 is 29.4 Å². The van der Waals surface area contributed by atoms with Crippen molar-refractivity contribution in [3.05, 3.63) is 0 Å². The van der Waals surface area contributed by atoms with E-state index in [1.807, 2.05) is 11.8 Å². The molecule has 1 spiro atoms. The highest BCUT2D eigenvalue weighted by Crippen LogP contribution is 2.38. The van der Waals surface area contributed by atoms with Crippen molar-refractivity contribution in [2.75, 3.05) is 23.8 Å². The molecule has 3 fully saturated rings. The van der Waals surface area contributed by atoms with Gasteiger partial charge in [0.15, 0.2) is 0 Å². The zero-order chi connectivity index (χ0) is 14.9. The molecule has 0 radical (unpaired) electrons. The van der Waals surface area contributed by atoms with Gasteiger partial charge in [0.25, 0.3) is 0 Å². The molecule has 1 amide bonds. The van der Waals surface area contributed by atoms with E-state index in [-0.39, 0.29) is 11.7 Å². The molecule has 0 aromatic rings. The lowest BCUT2D eigenvalue weighted by Gasteiger charge is -2.31. The van der Waals surface area contributed by atoms with Crippen LogP contribution in [-0.2, 0) is 4.79 Å². The molecule has 2 aliphatic heterocycles. The average molecular weight is 329 g/mol. The van der Waals surface area contributed by atoms with E-state index in [0.717, 1.165) is 25.8 Å². The first-order valence-electron chi connectivity index (χ1n) is 8.39. The summed E-state index contributed by atoms with van der Waals surface area (Å²) in [5.74, 6) is 4.75. The van der Waals surface area contributed by atoms with Crippen LogP contribution in [0.2, 0.25) is 0 Å². The number of hydrogen-bond donors (Lipinski definition) is 1. The van der Waals surface area contributed by atoms with Gasteiger partial charge < -0.3 is 4.90 Å². The third kappa shape index (κ3) is 3.40. The Labute approximate surface area is 137 Å². The molecule has 1 N–H and O–H groups in total. The number of nitrogens with one attached hydrogen (secondary N) is 1. The Bertz CT molecular complexity index is 376. The van der Waals surface area contributed by atoms with Gasteiger partial charge in [0.1, 0.15) is 0 Å². The Morgan fingerprint density at radius 2 is 2.10 bits per heavy atom. The van der Waals surface area contributed by atoms with Gasteiger partial charge >= 0.3 is 0 Å². The lowest BCUT2D eigenvalue weighted by Crippen LogP contribution is -2.45. The Morgan fingerprint density at radius 1 is 1.33 bits per heavy atom. The minimum absolute atomic E-state index is 0.202. The van der Waals surface area contributed by atoms with Gasteiger partial charge in [-0.15, -0.1) is 0 Å². The van der Waals surface area contributed by atoms with E-state index in [9.17, 15) is 4.79 Å². The smallest absolute Gasteiger partial charge is 0.244 e. The summed E-state index contributed by atoms with van der Waals surface area (Å²) >= 11 is 4.11. The highest BCUT2D eigenvalue weighted by atomic mass is 32.2. The van der Waals surface area contributed by atoms with Crippen LogP contribution in [0.3, 0.4) is 0 Å². The zero-order valence-corrected chi connectivity index (χ0v) is 14.9. The number of hydrogen-bond acceptors (Lipinski definition) is 4. The van der Waals surface area contributed by atoms with Crippen molar-refractivity contribution in [3.8, 4) is 0 Å². The first kappa shape index (κ1) is 16.0. The molecule has 2 atom stereocenters. The van der Waals surface area contributed by atoms with Gasteiger partial charge in [-0.05, 0) is 25.2 Å². The fourth-order valence-corrected chi connectivity index (χ4v) is 6.58. The highest BCUT2D eigenvalue weighted by Gasteiger charge is 2.52. The molecule has 21 heavy (non-hydrogen) atoms. The van der Waals surface area contributed by atoms with Crippen molar-refractivity contribution in [1.82, 2.24) is 10.2 Å². The largest absolute Gasteiger partial charge is 0.324 e. The monoisotopic (exact) mass is 328 g/mol. The average Bonchev–Trinajstić information content (AvgIpc) is 3.02. The van der Waals surface area contributed by atoms with Crippen LogP contribution in [0, 0.1) is 5.92 Å². The highest BCUT2D eigenvalue weighted by molar-refractivity contribution is 8.06. The number of amides is 1. The topological polar surface area (TPSA) is 32.3 Å². The Hall–Kier alpha value is 0.130. The van der Waals surface area contributed by atoms with Crippen LogP contribution in [0.25, 0.3) is 0 Å². The lowest BCUT2D eigenvalue weighted by atomic mass is 9.98. The van der Waals surface area contributed by atoms with Crippen molar-refractivity contribution in [2.45, 2.75) is 62.9 Å². The van der Waals surface area contributed by atoms with E-state index in [2.05, 4.69) is 35.8 Å². The van der Waals surface area contributed by atoms with Crippen LogP contribution in [-0.4, -0.2) is 51.6 Å². The first-order valence-corrected chi connectivity index (χ1v) is 10.6. The number of carbonyl (C=O) groups is 1. The summed E-state index contributed by atoms with van der Waals surface area (Å²) in [5.41, 5.74) is -0.202. The molecule has 0 aromatic carbocycles. The van der Waals surface area contributed by atoms with Gasteiger partial charge in [-0.2, -0.15) is 23.5 Å². The molecule has 3 aliphatic rings. The van der Waals surface area contributed by atoms with Crippen LogP contribution in [0.15, 0.2) is 0 Å². The van der Waals surface area contributed by atoms with Crippen LogP contribution in [0.1, 0.15) is 46.0 Å². The molecule has 0 aromatic heterocycles. The number of nitrogens with zero attached hydrogens (tertiary/aromatic N) is 1. The first-order chi connectivity index (χ1) is 10.1. The quantitative estimate of drug-likeness (QED) is 0.860. The normalized spacial score (nSPS) is 32.5. The SMILES string of the molecule is CC(C)CC1NC2(CCCC2)C(=O)N1CC1CSCCS1. The van der Waals surface area contributed by atoms with Gasteiger partial charge in [-0.1, -0.05) is 26.7 Å². The maximum atomic E-state index is 13.0. The second-order valence-electron chi connectivity index (χ2n) is 7.10. The molecule has 2 saturated heterocycles. The van der Waals surface area contributed by atoms with E-state index in [0.29, 0.717) is 17.1 Å². The van der Waals surface area contributed by atoms with Gasteiger partial charge in [-0.25, -0.2) is 0 Å². The molecule has 3 rings (SSSR count). The number of carbonyl (C=O) groups excluding carboxylic acids is 1. The molecule has 5 heteroatoms. The minimum atomic E-state index is -0.202. The van der Waals surface area contributed by atoms with E-state index in [1.54, 1.807) is 0 Å². The number of rotatable bonds is 4. The molecular weight excluding hydrogens is 300 g/mol. The number of thioether (sulfide) groups is 2. The summed E-state index contributed by atoms with van der Waals surface area (Å²) in [7, 11) is 0. The molecule has 0 bridgehead atoms. The predicted molar refractivity (Wildman–Crippen MR) is 92.9 cm³/mol. The van der Waals surface area contributed by atoms with Gasteiger partial charge in [0.2, 0.25) is 5.91 Å². The van der Waals surface area contributed by atoms with Crippen LogP contribution in [0.5, 0.6) is 0 Å². The Balaban J connectivity index is 1.71. The molecule has 3 nitrogen and oxygen atoms in total. The minimum Gasteiger partial charge on any atom is -0.324 e. The van der Waals surface area contributed by atoms with Crippen LogP contribution in [0.4, 0.5) is 0 Å². The fraction of sp³-hybridized carbons (Fsp3) is 0.938. The molecule has 2 heterocycles. The molecular formula is C16H28N2OS2. The van der Waals surface area contributed by atoms with Gasteiger partial charge in [0, 0.05) is 29.1 Å². The van der Waals surface area contributed by atoms with Gasteiger partial charge in [-0.3, -0.25) is 10.1 Å². The zero-order valence-electron chi connectivity index (χ0n) is 13.3. The van der Waals surface area contributed by atoms with Crippen molar-refractivity contribution in [2.24, 2.45) is 5.92 Å².